The maximum absolute atomic E-state index is 12.9. The van der Waals surface area contributed by atoms with E-state index in [-0.39, 0.29) is 17.3 Å². The lowest BCUT2D eigenvalue weighted by Gasteiger charge is -2.16. The Hall–Kier alpha value is -1.21. The lowest BCUT2D eigenvalue weighted by Crippen LogP contribution is -2.37. The fraction of sp³-hybridized carbons (Fsp3) is 0.400. The van der Waals surface area contributed by atoms with Crippen molar-refractivity contribution in [2.75, 3.05) is 11.5 Å². The van der Waals surface area contributed by atoms with Gasteiger partial charge in [0.1, 0.15) is 11.9 Å². The van der Waals surface area contributed by atoms with Crippen molar-refractivity contribution in [1.82, 2.24) is 0 Å². The molecule has 1 heterocycles. The number of benzene rings is 1. The van der Waals surface area contributed by atoms with Crippen LogP contribution >= 0.6 is 0 Å². The quantitative estimate of drug-likeness (QED) is 0.842. The molecule has 7 heteroatoms. The van der Waals surface area contributed by atoms with Crippen molar-refractivity contribution in [2.45, 2.75) is 12.1 Å². The lowest BCUT2D eigenvalue weighted by molar-refractivity contribution is 0.208. The fourth-order valence-electron chi connectivity index (χ4n) is 1.69. The monoisotopic (exact) mass is 263 g/mol. The van der Waals surface area contributed by atoms with Gasteiger partial charge >= 0.3 is 0 Å². The minimum Gasteiger partial charge on any atom is -0.488 e. The Morgan fingerprint density at radius 1 is 1.24 bits per heavy atom. The van der Waals surface area contributed by atoms with E-state index in [0.29, 0.717) is 0 Å². The molecule has 0 aliphatic carbocycles. The zero-order valence-electron chi connectivity index (χ0n) is 8.77. The first-order valence-corrected chi connectivity index (χ1v) is 6.77. The van der Waals surface area contributed by atoms with Crippen molar-refractivity contribution in [1.29, 1.82) is 0 Å². The number of rotatable bonds is 2. The smallest absolute Gasteiger partial charge is 0.162 e. The van der Waals surface area contributed by atoms with Crippen LogP contribution in [0.4, 0.5) is 8.78 Å². The summed E-state index contributed by atoms with van der Waals surface area (Å²) in [6.45, 7) is 0. The van der Waals surface area contributed by atoms with Crippen LogP contribution in [0.15, 0.2) is 18.2 Å². The molecule has 1 aromatic carbocycles. The van der Waals surface area contributed by atoms with Gasteiger partial charge in [-0.15, -0.1) is 0 Å². The second kappa shape index (κ2) is 4.23. The first-order chi connectivity index (χ1) is 7.87. The normalized spacial score (nSPS) is 27.0. The van der Waals surface area contributed by atoms with Gasteiger partial charge < -0.3 is 10.5 Å². The van der Waals surface area contributed by atoms with Crippen LogP contribution in [0, 0.1) is 11.6 Å². The molecule has 2 rings (SSSR count). The van der Waals surface area contributed by atoms with Crippen molar-refractivity contribution < 1.29 is 21.9 Å². The summed E-state index contributed by atoms with van der Waals surface area (Å²) in [6.07, 6.45) is -0.718. The maximum atomic E-state index is 12.9. The number of hydrogen-bond acceptors (Lipinski definition) is 4. The minimum absolute atomic E-state index is 0.0708. The van der Waals surface area contributed by atoms with Gasteiger partial charge in [-0.25, -0.2) is 17.2 Å². The highest BCUT2D eigenvalue weighted by Crippen LogP contribution is 2.21. The summed E-state index contributed by atoms with van der Waals surface area (Å²) >= 11 is 0. The molecule has 0 saturated carbocycles. The molecule has 0 aromatic heterocycles. The van der Waals surface area contributed by atoms with Gasteiger partial charge in [-0.1, -0.05) is 0 Å². The molecule has 2 atom stereocenters. The van der Waals surface area contributed by atoms with Gasteiger partial charge in [-0.3, -0.25) is 0 Å². The predicted molar refractivity (Wildman–Crippen MR) is 57.4 cm³/mol. The molecule has 1 aliphatic heterocycles. The van der Waals surface area contributed by atoms with E-state index >= 15 is 0 Å². The van der Waals surface area contributed by atoms with E-state index in [1.165, 1.54) is 6.07 Å². The van der Waals surface area contributed by atoms with Crippen molar-refractivity contribution >= 4 is 9.84 Å². The van der Waals surface area contributed by atoms with E-state index in [1.54, 1.807) is 0 Å². The van der Waals surface area contributed by atoms with E-state index in [0.717, 1.165) is 12.1 Å². The molecular weight excluding hydrogens is 252 g/mol. The maximum Gasteiger partial charge on any atom is 0.162 e. The fourth-order valence-corrected chi connectivity index (χ4v) is 3.44. The first kappa shape index (κ1) is 12.3. The third kappa shape index (κ3) is 2.73. The Morgan fingerprint density at radius 3 is 2.47 bits per heavy atom. The van der Waals surface area contributed by atoms with Gasteiger partial charge in [0.25, 0.3) is 0 Å². The topological polar surface area (TPSA) is 69.4 Å². The lowest BCUT2D eigenvalue weighted by atomic mass is 10.2. The minimum atomic E-state index is -3.20. The molecule has 1 saturated heterocycles. The molecule has 0 amide bonds. The van der Waals surface area contributed by atoms with Crippen LogP contribution in [-0.4, -0.2) is 32.1 Å². The largest absolute Gasteiger partial charge is 0.488 e. The average Bonchev–Trinajstić information content (AvgIpc) is 2.46. The zero-order valence-corrected chi connectivity index (χ0v) is 9.58. The number of sulfone groups is 1. The van der Waals surface area contributed by atoms with Crippen LogP contribution in [0.5, 0.6) is 5.75 Å². The van der Waals surface area contributed by atoms with Crippen molar-refractivity contribution in [3.8, 4) is 5.75 Å². The molecule has 1 fully saturated rings. The summed E-state index contributed by atoms with van der Waals surface area (Å²) in [6, 6.07) is 2.37. The second-order valence-corrected chi connectivity index (χ2v) is 6.13. The van der Waals surface area contributed by atoms with Gasteiger partial charge in [0.15, 0.2) is 21.5 Å². The Labute approximate surface area is 97.3 Å². The second-order valence-electron chi connectivity index (χ2n) is 3.97. The summed E-state index contributed by atoms with van der Waals surface area (Å²) in [7, 11) is -3.20. The zero-order chi connectivity index (χ0) is 12.6. The molecule has 1 aliphatic rings. The molecule has 17 heavy (non-hydrogen) atoms. The number of hydrogen-bond donors (Lipinski definition) is 1. The van der Waals surface area contributed by atoms with Crippen molar-refractivity contribution in [2.24, 2.45) is 5.73 Å². The van der Waals surface area contributed by atoms with E-state index in [1.807, 2.05) is 0 Å². The van der Waals surface area contributed by atoms with Crippen LogP contribution in [0.3, 0.4) is 0 Å². The van der Waals surface area contributed by atoms with Crippen LogP contribution in [0.1, 0.15) is 0 Å². The van der Waals surface area contributed by atoms with Crippen LogP contribution in [0.25, 0.3) is 0 Å². The van der Waals surface area contributed by atoms with Crippen molar-refractivity contribution in [3.63, 3.8) is 0 Å². The van der Waals surface area contributed by atoms with Gasteiger partial charge in [0, 0.05) is 6.07 Å². The molecule has 0 radical (unpaired) electrons. The Bertz CT molecular complexity index is 532. The van der Waals surface area contributed by atoms with Gasteiger partial charge in [0.05, 0.1) is 17.5 Å². The SMILES string of the molecule is NC1CS(=O)(=O)CC1Oc1ccc(F)c(F)c1. The molecule has 4 nitrogen and oxygen atoms in total. The Kier molecular flexibility index (Phi) is 3.05. The highest BCUT2D eigenvalue weighted by molar-refractivity contribution is 7.91. The van der Waals surface area contributed by atoms with Crippen LogP contribution in [0.2, 0.25) is 0 Å². The van der Waals surface area contributed by atoms with E-state index in [2.05, 4.69) is 0 Å². The number of halogens is 2. The highest BCUT2D eigenvalue weighted by atomic mass is 32.2. The number of nitrogens with two attached hydrogens (primary N) is 1. The van der Waals surface area contributed by atoms with Crippen LogP contribution < -0.4 is 10.5 Å². The van der Waals surface area contributed by atoms with E-state index in [4.69, 9.17) is 10.5 Å². The molecule has 0 spiro atoms. The summed E-state index contributed by atoms with van der Waals surface area (Å²) in [5.41, 5.74) is 5.60. The van der Waals surface area contributed by atoms with E-state index in [9.17, 15) is 17.2 Å². The van der Waals surface area contributed by atoms with Crippen molar-refractivity contribution in [3.05, 3.63) is 29.8 Å². The summed E-state index contributed by atoms with van der Waals surface area (Å²) in [5, 5.41) is 0. The summed E-state index contributed by atoms with van der Waals surface area (Å²) in [5.74, 6) is -2.31. The first-order valence-electron chi connectivity index (χ1n) is 4.95. The van der Waals surface area contributed by atoms with E-state index < -0.39 is 33.6 Å². The van der Waals surface area contributed by atoms with Gasteiger partial charge in [0.2, 0.25) is 0 Å². The Balaban J connectivity index is 2.14. The standard InChI is InChI=1S/C10H11F2NO3S/c11-7-2-1-6(3-8(7)12)16-10-5-17(14,15)4-9(10)13/h1-3,9-10H,4-5,13H2. The Morgan fingerprint density at radius 2 is 1.94 bits per heavy atom. The molecule has 1 aromatic rings. The summed E-state index contributed by atoms with van der Waals surface area (Å²) in [4.78, 5) is 0. The molecule has 94 valence electrons. The van der Waals surface area contributed by atoms with Crippen LogP contribution in [-0.2, 0) is 9.84 Å². The van der Waals surface area contributed by atoms with Gasteiger partial charge in [-0.05, 0) is 12.1 Å². The highest BCUT2D eigenvalue weighted by Gasteiger charge is 2.37. The molecule has 2 N–H and O–H groups in total. The predicted octanol–water partition coefficient (Wildman–Crippen LogP) is 0.468. The molecular formula is C10H11F2NO3S. The molecule has 0 bridgehead atoms. The molecule has 2 unspecified atom stereocenters. The third-order valence-electron chi connectivity index (χ3n) is 2.52. The summed E-state index contributed by atoms with van der Waals surface area (Å²) < 4.78 is 53.3. The number of ether oxygens (including phenoxy) is 1. The third-order valence-corrected chi connectivity index (χ3v) is 4.25. The average molecular weight is 263 g/mol. The van der Waals surface area contributed by atoms with Gasteiger partial charge in [-0.2, -0.15) is 0 Å².